The fraction of sp³-hybridized carbons (Fsp3) is 0.188. The number of aromatic carboxylic acids is 1. The maximum absolute atomic E-state index is 11.2. The number of hydrogen-bond donors (Lipinski definition) is 1. The van der Waals surface area contributed by atoms with Gasteiger partial charge in [-0.2, -0.15) is 0 Å². The Hall–Kier alpha value is -1.29. The van der Waals surface area contributed by atoms with Gasteiger partial charge in [-0.1, -0.05) is 30.3 Å². The van der Waals surface area contributed by atoms with E-state index < -0.39 is 5.97 Å². The van der Waals surface area contributed by atoms with Crippen LogP contribution in [0, 0.1) is 20.8 Å². The van der Waals surface area contributed by atoms with Crippen molar-refractivity contribution in [3.8, 4) is 0 Å². The van der Waals surface area contributed by atoms with Crippen molar-refractivity contribution in [2.24, 2.45) is 0 Å². The van der Waals surface area contributed by atoms with Crippen LogP contribution in [0.1, 0.15) is 27.0 Å². The number of carbonyl (C=O) groups is 1. The number of benzene rings is 2. The van der Waals surface area contributed by atoms with Crippen molar-refractivity contribution in [1.82, 2.24) is 0 Å². The Bertz CT molecular complexity index is 638. The van der Waals surface area contributed by atoms with E-state index in [0.717, 1.165) is 22.4 Å². The molecule has 0 unspecified atom stereocenters. The number of hydrogen-bond acceptors (Lipinski definition) is 3. The minimum Gasteiger partial charge on any atom is -0.545 e. The fourth-order valence-corrected chi connectivity index (χ4v) is 2.02. The molecular formula is C16H16NNaO2. The van der Waals surface area contributed by atoms with Gasteiger partial charge in [0.25, 0.3) is 0 Å². The Morgan fingerprint density at radius 3 is 2.25 bits per heavy atom. The van der Waals surface area contributed by atoms with Crippen LogP contribution < -0.4 is 40.0 Å². The number of carbonyl (C=O) groups excluding carboxylic acids is 1. The van der Waals surface area contributed by atoms with Crippen LogP contribution in [-0.4, -0.2) is 5.97 Å². The number of anilines is 2. The van der Waals surface area contributed by atoms with Gasteiger partial charge in [-0.3, -0.25) is 0 Å². The van der Waals surface area contributed by atoms with Crippen LogP contribution >= 0.6 is 0 Å². The van der Waals surface area contributed by atoms with Gasteiger partial charge >= 0.3 is 29.6 Å². The molecule has 0 heterocycles. The van der Waals surface area contributed by atoms with E-state index in [1.807, 2.05) is 45.0 Å². The minimum atomic E-state index is -1.17. The molecule has 20 heavy (non-hydrogen) atoms. The molecule has 2 aromatic carbocycles. The van der Waals surface area contributed by atoms with Crippen molar-refractivity contribution in [3.63, 3.8) is 0 Å². The molecule has 0 spiro atoms. The monoisotopic (exact) mass is 277 g/mol. The molecule has 0 saturated heterocycles. The van der Waals surface area contributed by atoms with Crippen molar-refractivity contribution in [2.75, 3.05) is 5.32 Å². The van der Waals surface area contributed by atoms with E-state index in [1.165, 1.54) is 0 Å². The zero-order valence-electron chi connectivity index (χ0n) is 12.3. The van der Waals surface area contributed by atoms with E-state index in [0.29, 0.717) is 5.69 Å². The van der Waals surface area contributed by atoms with Gasteiger partial charge in [0.15, 0.2) is 0 Å². The van der Waals surface area contributed by atoms with Crippen molar-refractivity contribution < 1.29 is 39.5 Å². The van der Waals surface area contributed by atoms with Gasteiger partial charge in [0.2, 0.25) is 0 Å². The quantitative estimate of drug-likeness (QED) is 0.785. The average Bonchev–Trinajstić information content (AvgIpc) is 2.36. The van der Waals surface area contributed by atoms with E-state index in [9.17, 15) is 9.90 Å². The molecule has 0 radical (unpaired) electrons. The van der Waals surface area contributed by atoms with Gasteiger partial charge in [0.05, 0.1) is 11.7 Å². The predicted octanol–water partition coefficient (Wildman–Crippen LogP) is -0.277. The molecule has 0 amide bonds. The molecule has 0 aliphatic carbocycles. The smallest absolute Gasteiger partial charge is 0.545 e. The number of nitrogens with one attached hydrogen (secondary N) is 1. The number of aryl methyl sites for hydroxylation is 2. The third-order valence-electron chi connectivity index (χ3n) is 3.36. The number of rotatable bonds is 3. The summed E-state index contributed by atoms with van der Waals surface area (Å²) in [6.45, 7) is 5.91. The summed E-state index contributed by atoms with van der Waals surface area (Å²) in [5, 5.41) is 14.4. The van der Waals surface area contributed by atoms with Crippen LogP contribution in [0.5, 0.6) is 0 Å². The second-order valence-electron chi connectivity index (χ2n) is 4.66. The zero-order chi connectivity index (χ0) is 14.0. The summed E-state index contributed by atoms with van der Waals surface area (Å²) < 4.78 is 0. The van der Waals surface area contributed by atoms with Crippen molar-refractivity contribution >= 4 is 17.3 Å². The first-order chi connectivity index (χ1) is 9.00. The largest absolute Gasteiger partial charge is 1.00 e. The zero-order valence-corrected chi connectivity index (χ0v) is 14.3. The molecular weight excluding hydrogens is 261 g/mol. The maximum Gasteiger partial charge on any atom is 1.00 e. The molecule has 2 rings (SSSR count). The Balaban J connectivity index is 0.00000200. The molecule has 98 valence electrons. The van der Waals surface area contributed by atoms with Gasteiger partial charge in [0.1, 0.15) is 0 Å². The molecule has 0 aliphatic rings. The standard InChI is InChI=1S/C16H17NO2.Na/c1-10-6-5-9-14(12(10)3)17-15-11(2)7-4-8-13(15)16(18)19;/h4-9,17H,1-3H3,(H,18,19);/q;+1/p-1. The molecule has 2 aromatic rings. The number of carboxylic acid groups (broad SMARTS) is 1. The van der Waals surface area contributed by atoms with Gasteiger partial charge < -0.3 is 15.2 Å². The third kappa shape index (κ3) is 3.42. The minimum absolute atomic E-state index is 0. The van der Waals surface area contributed by atoms with Crippen LogP contribution in [0.15, 0.2) is 36.4 Å². The average molecular weight is 277 g/mol. The Morgan fingerprint density at radius 2 is 1.60 bits per heavy atom. The van der Waals surface area contributed by atoms with Crippen LogP contribution in [0.4, 0.5) is 11.4 Å². The molecule has 0 bridgehead atoms. The summed E-state index contributed by atoms with van der Waals surface area (Å²) in [5.41, 5.74) is 4.83. The van der Waals surface area contributed by atoms with E-state index in [1.54, 1.807) is 12.1 Å². The van der Waals surface area contributed by atoms with E-state index in [4.69, 9.17) is 0 Å². The molecule has 0 saturated carbocycles. The molecule has 0 atom stereocenters. The second-order valence-corrected chi connectivity index (χ2v) is 4.66. The Labute approximate surface area is 141 Å². The normalized spacial score (nSPS) is 9.75. The Morgan fingerprint density at radius 1 is 1.00 bits per heavy atom. The molecule has 0 aromatic heterocycles. The SMILES string of the molecule is Cc1cccc(Nc2c(C)cccc2C(=O)[O-])c1C.[Na+]. The third-order valence-corrected chi connectivity index (χ3v) is 3.36. The maximum atomic E-state index is 11.2. The second kappa shape index (κ2) is 6.93. The summed E-state index contributed by atoms with van der Waals surface area (Å²) in [5.74, 6) is -1.17. The molecule has 1 N–H and O–H groups in total. The fourth-order valence-electron chi connectivity index (χ4n) is 2.02. The first-order valence-electron chi connectivity index (χ1n) is 6.15. The van der Waals surface area contributed by atoms with E-state index >= 15 is 0 Å². The summed E-state index contributed by atoms with van der Waals surface area (Å²) in [6.07, 6.45) is 0. The first kappa shape index (κ1) is 16.8. The number of para-hydroxylation sites is 1. The van der Waals surface area contributed by atoms with Crippen LogP contribution in [0.2, 0.25) is 0 Å². The number of carboxylic acids is 1. The summed E-state index contributed by atoms with van der Waals surface area (Å²) in [6, 6.07) is 11.1. The molecule has 4 heteroatoms. The van der Waals surface area contributed by atoms with Gasteiger partial charge in [-0.05, 0) is 43.5 Å². The van der Waals surface area contributed by atoms with Crippen molar-refractivity contribution in [2.45, 2.75) is 20.8 Å². The van der Waals surface area contributed by atoms with Crippen LogP contribution in [-0.2, 0) is 0 Å². The summed E-state index contributed by atoms with van der Waals surface area (Å²) in [7, 11) is 0. The Kier molecular flexibility index (Phi) is 5.81. The van der Waals surface area contributed by atoms with Gasteiger partial charge in [0, 0.05) is 11.3 Å². The molecule has 3 nitrogen and oxygen atoms in total. The van der Waals surface area contributed by atoms with E-state index in [-0.39, 0.29) is 35.1 Å². The summed E-state index contributed by atoms with van der Waals surface area (Å²) in [4.78, 5) is 11.2. The predicted molar refractivity (Wildman–Crippen MR) is 74.7 cm³/mol. The molecule has 0 fully saturated rings. The van der Waals surface area contributed by atoms with E-state index in [2.05, 4.69) is 5.32 Å². The molecule has 0 aliphatic heterocycles. The first-order valence-corrected chi connectivity index (χ1v) is 6.15. The van der Waals surface area contributed by atoms with Crippen molar-refractivity contribution in [1.29, 1.82) is 0 Å². The van der Waals surface area contributed by atoms with Crippen molar-refractivity contribution in [3.05, 3.63) is 58.7 Å². The topological polar surface area (TPSA) is 52.2 Å². The van der Waals surface area contributed by atoms with Gasteiger partial charge in [-0.15, -0.1) is 0 Å². The summed E-state index contributed by atoms with van der Waals surface area (Å²) >= 11 is 0. The van der Waals surface area contributed by atoms with Gasteiger partial charge in [-0.25, -0.2) is 0 Å². The van der Waals surface area contributed by atoms with Crippen LogP contribution in [0.25, 0.3) is 0 Å². The van der Waals surface area contributed by atoms with Crippen LogP contribution in [0.3, 0.4) is 0 Å².